The van der Waals surface area contributed by atoms with Gasteiger partial charge in [-0.25, -0.2) is 8.78 Å². The average molecular weight is 238 g/mol. The molecule has 0 aliphatic carbocycles. The maximum absolute atomic E-state index is 12.5. The SMILES string of the molecule is COc1cc(C(F)F)c(C(=O)Cl)c(=O)[nH]1. The normalized spacial score (nSPS) is 10.5. The fourth-order valence-electron chi connectivity index (χ4n) is 1.04. The molecule has 7 heteroatoms. The number of hydrogen-bond donors (Lipinski definition) is 1. The van der Waals surface area contributed by atoms with Gasteiger partial charge in [0.2, 0.25) is 0 Å². The Labute approximate surface area is 87.8 Å². The average Bonchev–Trinajstić information content (AvgIpc) is 2.15. The summed E-state index contributed by atoms with van der Waals surface area (Å²) in [6.07, 6.45) is -2.97. The summed E-state index contributed by atoms with van der Waals surface area (Å²) in [6.45, 7) is 0. The minimum atomic E-state index is -2.97. The van der Waals surface area contributed by atoms with Crippen LogP contribution in [0.2, 0.25) is 0 Å². The van der Waals surface area contributed by atoms with E-state index in [1.54, 1.807) is 0 Å². The Hall–Kier alpha value is -1.43. The molecule has 0 bridgehead atoms. The molecule has 4 nitrogen and oxygen atoms in total. The van der Waals surface area contributed by atoms with Gasteiger partial charge in [0.1, 0.15) is 5.56 Å². The van der Waals surface area contributed by atoms with Crippen molar-refractivity contribution >= 4 is 16.8 Å². The van der Waals surface area contributed by atoms with E-state index in [0.717, 1.165) is 6.07 Å². The molecule has 0 saturated carbocycles. The van der Waals surface area contributed by atoms with E-state index in [0.29, 0.717) is 0 Å². The van der Waals surface area contributed by atoms with Crippen LogP contribution < -0.4 is 10.3 Å². The van der Waals surface area contributed by atoms with Crippen LogP contribution in [0.15, 0.2) is 10.9 Å². The monoisotopic (exact) mass is 237 g/mol. The number of nitrogens with one attached hydrogen (secondary N) is 1. The van der Waals surface area contributed by atoms with Crippen molar-refractivity contribution in [2.75, 3.05) is 7.11 Å². The minimum absolute atomic E-state index is 0.156. The number of rotatable bonds is 3. The fraction of sp³-hybridized carbons (Fsp3) is 0.250. The molecule has 0 aliphatic rings. The first-order chi connectivity index (χ1) is 6.97. The molecule has 0 fully saturated rings. The van der Waals surface area contributed by atoms with Gasteiger partial charge in [0.25, 0.3) is 17.2 Å². The molecule has 0 saturated heterocycles. The Morgan fingerprint density at radius 1 is 1.60 bits per heavy atom. The molecule has 0 spiro atoms. The molecular weight excluding hydrogens is 232 g/mol. The first-order valence-electron chi connectivity index (χ1n) is 3.76. The highest BCUT2D eigenvalue weighted by Crippen LogP contribution is 2.24. The van der Waals surface area contributed by atoms with Gasteiger partial charge >= 0.3 is 0 Å². The van der Waals surface area contributed by atoms with Crippen molar-refractivity contribution in [1.82, 2.24) is 4.98 Å². The zero-order chi connectivity index (χ0) is 11.6. The van der Waals surface area contributed by atoms with E-state index in [4.69, 9.17) is 11.6 Å². The van der Waals surface area contributed by atoms with E-state index in [1.807, 2.05) is 0 Å². The molecule has 1 rings (SSSR count). The maximum Gasteiger partial charge on any atom is 0.264 e. The quantitative estimate of drug-likeness (QED) is 0.814. The second-order valence-corrected chi connectivity index (χ2v) is 2.91. The van der Waals surface area contributed by atoms with Crippen LogP contribution in [0.5, 0.6) is 5.88 Å². The molecule has 1 aromatic rings. The first-order valence-corrected chi connectivity index (χ1v) is 4.14. The van der Waals surface area contributed by atoms with Crippen LogP contribution in [0.3, 0.4) is 0 Å². The molecule has 0 aromatic carbocycles. The maximum atomic E-state index is 12.5. The molecule has 0 atom stereocenters. The van der Waals surface area contributed by atoms with E-state index in [1.165, 1.54) is 7.11 Å². The second kappa shape index (κ2) is 4.39. The van der Waals surface area contributed by atoms with Gasteiger partial charge in [-0.05, 0) is 11.6 Å². The van der Waals surface area contributed by atoms with Gasteiger partial charge in [0.05, 0.1) is 7.11 Å². The molecule has 1 heterocycles. The lowest BCUT2D eigenvalue weighted by atomic mass is 10.1. The lowest BCUT2D eigenvalue weighted by Crippen LogP contribution is -2.19. The number of methoxy groups -OCH3 is 1. The molecule has 82 valence electrons. The lowest BCUT2D eigenvalue weighted by Gasteiger charge is -2.06. The zero-order valence-corrected chi connectivity index (χ0v) is 8.27. The summed E-state index contributed by atoms with van der Waals surface area (Å²) in [4.78, 5) is 24.0. The predicted molar refractivity (Wildman–Crippen MR) is 48.8 cm³/mol. The third-order valence-electron chi connectivity index (χ3n) is 1.69. The van der Waals surface area contributed by atoms with Crippen LogP contribution in [-0.2, 0) is 0 Å². The van der Waals surface area contributed by atoms with Crippen LogP contribution in [0.1, 0.15) is 22.3 Å². The van der Waals surface area contributed by atoms with Crippen molar-refractivity contribution in [2.24, 2.45) is 0 Å². The molecule has 1 N–H and O–H groups in total. The van der Waals surface area contributed by atoms with Gasteiger partial charge in [0.15, 0.2) is 5.88 Å². The van der Waals surface area contributed by atoms with E-state index >= 15 is 0 Å². The highest BCUT2D eigenvalue weighted by Gasteiger charge is 2.22. The van der Waals surface area contributed by atoms with Gasteiger partial charge < -0.3 is 4.74 Å². The predicted octanol–water partition coefficient (Wildman–Crippen LogP) is 1.70. The lowest BCUT2D eigenvalue weighted by molar-refractivity contribution is 0.106. The third-order valence-corrected chi connectivity index (χ3v) is 1.88. The van der Waals surface area contributed by atoms with Crippen molar-refractivity contribution in [3.05, 3.63) is 27.5 Å². The standard InChI is InChI=1S/C8H6ClF2NO3/c1-15-4-2-3(7(10)11)5(6(9)13)8(14)12-4/h2,7H,1H3,(H,12,14). The van der Waals surface area contributed by atoms with E-state index in [9.17, 15) is 18.4 Å². The van der Waals surface area contributed by atoms with Crippen LogP contribution >= 0.6 is 11.6 Å². The minimum Gasteiger partial charge on any atom is -0.482 e. The Kier molecular flexibility index (Phi) is 3.41. The van der Waals surface area contributed by atoms with Crippen molar-refractivity contribution in [3.63, 3.8) is 0 Å². The first kappa shape index (κ1) is 11.6. The Morgan fingerprint density at radius 2 is 2.20 bits per heavy atom. The van der Waals surface area contributed by atoms with Crippen LogP contribution in [0, 0.1) is 0 Å². The summed E-state index contributed by atoms with van der Waals surface area (Å²) in [5, 5.41) is -1.23. The highest BCUT2D eigenvalue weighted by molar-refractivity contribution is 6.67. The summed E-state index contributed by atoms with van der Waals surface area (Å²) in [6, 6.07) is 0.863. The fourth-order valence-corrected chi connectivity index (χ4v) is 1.23. The van der Waals surface area contributed by atoms with E-state index in [2.05, 4.69) is 9.72 Å². The summed E-state index contributed by atoms with van der Waals surface area (Å²) in [5.41, 5.74) is -2.49. The number of ether oxygens (including phenoxy) is 1. The zero-order valence-electron chi connectivity index (χ0n) is 7.51. The number of hydrogen-bond acceptors (Lipinski definition) is 3. The van der Waals surface area contributed by atoms with Crippen LogP contribution in [0.4, 0.5) is 8.78 Å². The van der Waals surface area contributed by atoms with E-state index < -0.39 is 28.4 Å². The number of aromatic amines is 1. The number of H-pyrrole nitrogens is 1. The molecule has 15 heavy (non-hydrogen) atoms. The molecular formula is C8H6ClF2NO3. The number of alkyl halides is 2. The summed E-state index contributed by atoms with van der Waals surface area (Å²) < 4.78 is 29.5. The number of halogens is 3. The molecule has 0 radical (unpaired) electrons. The second-order valence-electron chi connectivity index (χ2n) is 2.57. The molecule has 0 unspecified atom stereocenters. The highest BCUT2D eigenvalue weighted by atomic mass is 35.5. The Morgan fingerprint density at radius 3 is 2.60 bits per heavy atom. The number of carbonyl (C=O) groups excluding carboxylic acids is 1. The third kappa shape index (κ3) is 2.33. The van der Waals surface area contributed by atoms with Gasteiger partial charge in [-0.3, -0.25) is 14.6 Å². The topological polar surface area (TPSA) is 59.2 Å². The van der Waals surface area contributed by atoms with Crippen molar-refractivity contribution in [2.45, 2.75) is 6.43 Å². The van der Waals surface area contributed by atoms with Crippen molar-refractivity contribution in [3.8, 4) is 5.88 Å². The summed E-state index contributed by atoms with van der Waals surface area (Å²) in [5.74, 6) is -0.156. The van der Waals surface area contributed by atoms with Gasteiger partial charge in [-0.2, -0.15) is 0 Å². The Balaban J connectivity index is 3.50. The van der Waals surface area contributed by atoms with Gasteiger partial charge in [0, 0.05) is 11.6 Å². The van der Waals surface area contributed by atoms with Crippen molar-refractivity contribution < 1.29 is 18.3 Å². The smallest absolute Gasteiger partial charge is 0.264 e. The number of aromatic nitrogens is 1. The van der Waals surface area contributed by atoms with Crippen LogP contribution in [0.25, 0.3) is 0 Å². The van der Waals surface area contributed by atoms with Gasteiger partial charge in [-0.1, -0.05) is 0 Å². The molecule has 1 aromatic heterocycles. The van der Waals surface area contributed by atoms with Crippen LogP contribution in [-0.4, -0.2) is 17.3 Å². The molecule has 0 aliphatic heterocycles. The van der Waals surface area contributed by atoms with Crippen molar-refractivity contribution in [1.29, 1.82) is 0 Å². The van der Waals surface area contributed by atoms with E-state index in [-0.39, 0.29) is 5.88 Å². The number of carbonyl (C=O) groups is 1. The number of pyridine rings is 1. The Bertz CT molecular complexity index is 444. The summed E-state index contributed by atoms with van der Waals surface area (Å²) in [7, 11) is 1.20. The summed E-state index contributed by atoms with van der Waals surface area (Å²) >= 11 is 5.02. The molecule has 0 amide bonds. The van der Waals surface area contributed by atoms with Gasteiger partial charge in [-0.15, -0.1) is 0 Å². The largest absolute Gasteiger partial charge is 0.482 e.